The predicted octanol–water partition coefficient (Wildman–Crippen LogP) is 3.45. The Labute approximate surface area is 149 Å². The SMILES string of the molecule is Cc1onc(-c2ccccc2Cl)c1C(=O)NCc1n[nH]c2c1CCC2. The minimum atomic E-state index is -0.247. The molecule has 4 rings (SSSR count). The van der Waals surface area contributed by atoms with E-state index < -0.39 is 0 Å². The molecular formula is C18H17ClN4O2. The number of carbonyl (C=O) groups excluding carboxylic acids is 1. The molecule has 0 spiro atoms. The Kier molecular flexibility index (Phi) is 4.05. The van der Waals surface area contributed by atoms with Crippen LogP contribution in [0.25, 0.3) is 11.3 Å². The van der Waals surface area contributed by atoms with Gasteiger partial charge in [0.2, 0.25) is 0 Å². The van der Waals surface area contributed by atoms with Gasteiger partial charge in [0.25, 0.3) is 5.91 Å². The molecule has 0 unspecified atom stereocenters. The molecule has 0 fully saturated rings. The number of benzene rings is 1. The molecule has 2 N–H and O–H groups in total. The van der Waals surface area contributed by atoms with Crippen molar-refractivity contribution >= 4 is 17.5 Å². The Hall–Kier alpha value is -2.60. The maximum absolute atomic E-state index is 12.7. The van der Waals surface area contributed by atoms with Crippen LogP contribution in [0.1, 0.15) is 39.5 Å². The van der Waals surface area contributed by atoms with Crippen LogP contribution in [0.2, 0.25) is 5.02 Å². The molecule has 0 atom stereocenters. The molecule has 0 bridgehead atoms. The van der Waals surface area contributed by atoms with E-state index in [1.807, 2.05) is 18.2 Å². The van der Waals surface area contributed by atoms with Gasteiger partial charge in [0.05, 0.1) is 17.3 Å². The summed E-state index contributed by atoms with van der Waals surface area (Å²) >= 11 is 6.24. The van der Waals surface area contributed by atoms with E-state index in [1.54, 1.807) is 13.0 Å². The van der Waals surface area contributed by atoms with E-state index in [0.29, 0.717) is 34.1 Å². The molecule has 7 heteroatoms. The van der Waals surface area contributed by atoms with Crippen molar-refractivity contribution in [2.45, 2.75) is 32.7 Å². The van der Waals surface area contributed by atoms with Gasteiger partial charge in [0.1, 0.15) is 17.0 Å². The maximum Gasteiger partial charge on any atom is 0.257 e. The minimum Gasteiger partial charge on any atom is -0.360 e. The molecule has 0 saturated carbocycles. The fraction of sp³-hybridized carbons (Fsp3) is 0.278. The zero-order chi connectivity index (χ0) is 17.4. The van der Waals surface area contributed by atoms with E-state index in [4.69, 9.17) is 16.1 Å². The summed E-state index contributed by atoms with van der Waals surface area (Å²) in [5.74, 6) is 0.211. The third-order valence-corrected chi connectivity index (χ3v) is 4.86. The highest BCUT2D eigenvalue weighted by atomic mass is 35.5. The number of fused-ring (bicyclic) bond motifs is 1. The quantitative estimate of drug-likeness (QED) is 0.750. The summed E-state index contributed by atoms with van der Waals surface area (Å²) in [5, 5.41) is 14.8. The lowest BCUT2D eigenvalue weighted by Gasteiger charge is -2.06. The second-order valence-corrected chi connectivity index (χ2v) is 6.51. The number of H-pyrrole nitrogens is 1. The van der Waals surface area contributed by atoms with E-state index in [0.717, 1.165) is 25.0 Å². The van der Waals surface area contributed by atoms with E-state index >= 15 is 0 Å². The van der Waals surface area contributed by atoms with E-state index in [1.165, 1.54) is 11.3 Å². The van der Waals surface area contributed by atoms with Crippen molar-refractivity contribution in [3.05, 3.63) is 57.6 Å². The minimum absolute atomic E-state index is 0.247. The van der Waals surface area contributed by atoms with Gasteiger partial charge in [-0.25, -0.2) is 0 Å². The van der Waals surface area contributed by atoms with Gasteiger partial charge in [-0.05, 0) is 37.8 Å². The zero-order valence-electron chi connectivity index (χ0n) is 13.7. The van der Waals surface area contributed by atoms with Gasteiger partial charge in [0, 0.05) is 11.3 Å². The third kappa shape index (κ3) is 2.82. The van der Waals surface area contributed by atoms with Crippen molar-refractivity contribution in [2.24, 2.45) is 0 Å². The monoisotopic (exact) mass is 356 g/mol. The topological polar surface area (TPSA) is 83.8 Å². The Morgan fingerprint density at radius 2 is 2.20 bits per heavy atom. The number of aryl methyl sites for hydroxylation is 2. The molecule has 2 aromatic heterocycles. The Balaban J connectivity index is 1.58. The molecule has 2 heterocycles. The van der Waals surface area contributed by atoms with Crippen molar-refractivity contribution in [3.63, 3.8) is 0 Å². The van der Waals surface area contributed by atoms with Crippen LogP contribution in [-0.2, 0) is 19.4 Å². The summed E-state index contributed by atoms with van der Waals surface area (Å²) in [5.41, 5.74) is 4.84. The van der Waals surface area contributed by atoms with E-state index in [2.05, 4.69) is 20.7 Å². The molecule has 0 saturated heterocycles. The standard InChI is InChI=1S/C18H17ClN4O2/c1-10-16(17(23-25-10)11-5-2-3-7-13(11)19)18(24)20-9-15-12-6-4-8-14(12)21-22-15/h2-3,5,7H,4,6,8-9H2,1H3,(H,20,24)(H,21,22). The first kappa shape index (κ1) is 15.9. The molecule has 128 valence electrons. The van der Waals surface area contributed by atoms with Crippen LogP contribution in [0.3, 0.4) is 0 Å². The highest BCUT2D eigenvalue weighted by Gasteiger charge is 2.24. The van der Waals surface area contributed by atoms with Gasteiger partial charge in [-0.2, -0.15) is 5.10 Å². The van der Waals surface area contributed by atoms with Crippen LogP contribution < -0.4 is 5.32 Å². The molecule has 1 aromatic carbocycles. The number of carbonyl (C=O) groups is 1. The second-order valence-electron chi connectivity index (χ2n) is 6.11. The Morgan fingerprint density at radius 1 is 1.36 bits per heavy atom. The number of amides is 1. The highest BCUT2D eigenvalue weighted by Crippen LogP contribution is 2.31. The fourth-order valence-electron chi connectivity index (χ4n) is 3.26. The van der Waals surface area contributed by atoms with Gasteiger partial charge >= 0.3 is 0 Å². The average Bonchev–Trinajstić information content (AvgIpc) is 3.29. The number of rotatable bonds is 4. The van der Waals surface area contributed by atoms with E-state index in [-0.39, 0.29) is 5.91 Å². The zero-order valence-corrected chi connectivity index (χ0v) is 14.5. The summed E-state index contributed by atoms with van der Waals surface area (Å²) in [6.45, 7) is 2.09. The lowest BCUT2D eigenvalue weighted by atomic mass is 10.1. The molecule has 0 radical (unpaired) electrons. The van der Waals surface area contributed by atoms with Crippen LogP contribution in [0, 0.1) is 6.92 Å². The number of hydrogen-bond acceptors (Lipinski definition) is 4. The molecule has 1 aliphatic carbocycles. The van der Waals surface area contributed by atoms with Crippen molar-refractivity contribution in [1.29, 1.82) is 0 Å². The van der Waals surface area contributed by atoms with E-state index in [9.17, 15) is 4.79 Å². The lowest BCUT2D eigenvalue weighted by Crippen LogP contribution is -2.24. The number of aromatic nitrogens is 3. The molecule has 1 amide bonds. The summed E-state index contributed by atoms with van der Waals surface area (Å²) in [6.07, 6.45) is 3.16. The van der Waals surface area contributed by atoms with Crippen LogP contribution in [0.15, 0.2) is 28.8 Å². The van der Waals surface area contributed by atoms with Crippen LogP contribution >= 0.6 is 11.6 Å². The largest absolute Gasteiger partial charge is 0.360 e. The summed E-state index contributed by atoms with van der Waals surface area (Å²) in [7, 11) is 0. The normalized spacial score (nSPS) is 13.0. The number of nitrogens with one attached hydrogen (secondary N) is 2. The van der Waals surface area contributed by atoms with Crippen LogP contribution in [0.5, 0.6) is 0 Å². The summed E-state index contributed by atoms with van der Waals surface area (Å²) in [4.78, 5) is 12.7. The number of halogens is 1. The summed E-state index contributed by atoms with van der Waals surface area (Å²) in [6, 6.07) is 7.25. The number of nitrogens with zero attached hydrogens (tertiary/aromatic N) is 2. The van der Waals surface area contributed by atoms with Crippen LogP contribution in [0.4, 0.5) is 0 Å². The number of hydrogen-bond donors (Lipinski definition) is 2. The van der Waals surface area contributed by atoms with Crippen molar-refractivity contribution in [2.75, 3.05) is 0 Å². The molecule has 6 nitrogen and oxygen atoms in total. The first-order valence-corrected chi connectivity index (χ1v) is 8.57. The Morgan fingerprint density at radius 3 is 3.04 bits per heavy atom. The number of aromatic amines is 1. The van der Waals surface area contributed by atoms with Gasteiger partial charge < -0.3 is 9.84 Å². The molecule has 1 aliphatic rings. The second kappa shape index (κ2) is 6.37. The van der Waals surface area contributed by atoms with Crippen molar-refractivity contribution < 1.29 is 9.32 Å². The molecular weight excluding hydrogens is 340 g/mol. The molecule has 3 aromatic rings. The van der Waals surface area contributed by atoms with Gasteiger partial charge in [-0.3, -0.25) is 9.89 Å². The van der Waals surface area contributed by atoms with Gasteiger partial charge in [-0.1, -0.05) is 35.0 Å². The first-order valence-electron chi connectivity index (χ1n) is 8.19. The predicted molar refractivity (Wildman–Crippen MR) is 93.5 cm³/mol. The summed E-state index contributed by atoms with van der Waals surface area (Å²) < 4.78 is 5.25. The third-order valence-electron chi connectivity index (χ3n) is 4.53. The fourth-order valence-corrected chi connectivity index (χ4v) is 3.49. The van der Waals surface area contributed by atoms with Crippen molar-refractivity contribution in [1.82, 2.24) is 20.7 Å². The van der Waals surface area contributed by atoms with Crippen LogP contribution in [-0.4, -0.2) is 21.3 Å². The Bertz CT molecular complexity index is 944. The van der Waals surface area contributed by atoms with Crippen molar-refractivity contribution in [3.8, 4) is 11.3 Å². The highest BCUT2D eigenvalue weighted by molar-refractivity contribution is 6.33. The smallest absolute Gasteiger partial charge is 0.257 e. The lowest BCUT2D eigenvalue weighted by molar-refractivity contribution is 0.0949. The first-order chi connectivity index (χ1) is 12.1. The van der Waals surface area contributed by atoms with Gasteiger partial charge in [-0.15, -0.1) is 0 Å². The average molecular weight is 357 g/mol. The molecule has 25 heavy (non-hydrogen) atoms. The maximum atomic E-state index is 12.7. The van der Waals surface area contributed by atoms with Gasteiger partial charge in [0.15, 0.2) is 0 Å². The molecule has 0 aliphatic heterocycles.